The van der Waals surface area contributed by atoms with E-state index in [0.29, 0.717) is 12.1 Å². The zero-order valence-electron chi connectivity index (χ0n) is 6.09. The predicted molar refractivity (Wildman–Crippen MR) is 38.3 cm³/mol. The number of likely N-dealkylation sites (N-methyl/N-ethyl adjacent to an activating group) is 2. The third-order valence-electron chi connectivity index (χ3n) is 1.92. The third kappa shape index (κ3) is 1.41. The van der Waals surface area contributed by atoms with Gasteiger partial charge in [0, 0.05) is 25.2 Å². The molecule has 3 nitrogen and oxygen atoms in total. The van der Waals surface area contributed by atoms with E-state index in [0.717, 1.165) is 13.1 Å². The highest BCUT2D eigenvalue weighted by Gasteiger charge is 2.25. The van der Waals surface area contributed by atoms with Crippen molar-refractivity contribution in [2.45, 2.75) is 12.1 Å². The van der Waals surface area contributed by atoms with Gasteiger partial charge in [0.2, 0.25) is 0 Å². The fourth-order valence-corrected chi connectivity index (χ4v) is 1.34. The summed E-state index contributed by atoms with van der Waals surface area (Å²) in [5, 5.41) is 3.18. The Labute approximate surface area is 56.2 Å². The summed E-state index contributed by atoms with van der Waals surface area (Å²) in [4.78, 5) is 2.24. The molecule has 0 saturated carbocycles. The summed E-state index contributed by atoms with van der Waals surface area (Å²) in [5.41, 5.74) is 5.78. The van der Waals surface area contributed by atoms with E-state index in [1.54, 1.807) is 0 Å². The summed E-state index contributed by atoms with van der Waals surface area (Å²) < 4.78 is 0. The van der Waals surface area contributed by atoms with Gasteiger partial charge < -0.3 is 16.0 Å². The normalized spacial score (nSPS) is 37.7. The molecule has 0 radical (unpaired) electrons. The Morgan fingerprint density at radius 3 is 2.44 bits per heavy atom. The van der Waals surface area contributed by atoms with Crippen LogP contribution in [0.4, 0.5) is 0 Å². The van der Waals surface area contributed by atoms with E-state index in [9.17, 15) is 0 Å². The quantitative estimate of drug-likeness (QED) is 0.469. The molecule has 0 spiro atoms. The molecule has 54 valence electrons. The first kappa shape index (κ1) is 6.99. The summed E-state index contributed by atoms with van der Waals surface area (Å²) in [6.45, 7) is 2.10. The van der Waals surface area contributed by atoms with E-state index >= 15 is 0 Å². The largest absolute Gasteiger partial charge is 0.325 e. The number of likely N-dealkylation sites (tertiary alicyclic amines) is 1. The number of hydrogen-bond acceptors (Lipinski definition) is 3. The Hall–Kier alpha value is -0.120. The maximum atomic E-state index is 5.78. The zero-order chi connectivity index (χ0) is 6.85. The SMILES string of the molecule is CN[C@@H]1CN(C)C[C@H]1N. The van der Waals surface area contributed by atoms with Gasteiger partial charge in [-0.05, 0) is 14.1 Å². The summed E-state index contributed by atoms with van der Waals surface area (Å²) >= 11 is 0. The molecule has 1 saturated heterocycles. The van der Waals surface area contributed by atoms with Crippen molar-refractivity contribution in [3.63, 3.8) is 0 Å². The van der Waals surface area contributed by atoms with Crippen molar-refractivity contribution in [3.8, 4) is 0 Å². The summed E-state index contributed by atoms with van der Waals surface area (Å²) in [7, 11) is 4.06. The van der Waals surface area contributed by atoms with Crippen molar-refractivity contribution in [1.29, 1.82) is 0 Å². The first-order valence-corrected chi connectivity index (χ1v) is 3.35. The van der Waals surface area contributed by atoms with Crippen molar-refractivity contribution in [3.05, 3.63) is 0 Å². The highest BCUT2D eigenvalue weighted by Crippen LogP contribution is 2.03. The average Bonchev–Trinajstić information content (AvgIpc) is 2.10. The van der Waals surface area contributed by atoms with E-state index in [1.807, 2.05) is 7.05 Å². The van der Waals surface area contributed by atoms with Crippen LogP contribution in [0.1, 0.15) is 0 Å². The number of nitrogens with two attached hydrogens (primary N) is 1. The van der Waals surface area contributed by atoms with Gasteiger partial charge in [-0.25, -0.2) is 0 Å². The van der Waals surface area contributed by atoms with E-state index in [-0.39, 0.29) is 0 Å². The monoisotopic (exact) mass is 129 g/mol. The van der Waals surface area contributed by atoms with E-state index in [1.165, 1.54) is 0 Å². The minimum absolute atomic E-state index is 0.319. The fraction of sp³-hybridized carbons (Fsp3) is 1.00. The van der Waals surface area contributed by atoms with Crippen LogP contribution in [0.3, 0.4) is 0 Å². The lowest BCUT2D eigenvalue weighted by Gasteiger charge is -2.11. The predicted octanol–water partition coefficient (Wildman–Crippen LogP) is -1.15. The van der Waals surface area contributed by atoms with Gasteiger partial charge in [0.15, 0.2) is 0 Å². The second-order valence-electron chi connectivity index (χ2n) is 2.78. The van der Waals surface area contributed by atoms with Crippen LogP contribution >= 0.6 is 0 Å². The minimum Gasteiger partial charge on any atom is -0.325 e. The highest BCUT2D eigenvalue weighted by atomic mass is 15.2. The van der Waals surface area contributed by atoms with E-state index in [2.05, 4.69) is 17.3 Å². The van der Waals surface area contributed by atoms with Crippen LogP contribution in [-0.4, -0.2) is 44.2 Å². The van der Waals surface area contributed by atoms with Gasteiger partial charge in [-0.3, -0.25) is 0 Å². The Kier molecular flexibility index (Phi) is 2.05. The summed E-state index contributed by atoms with van der Waals surface area (Å²) in [6.07, 6.45) is 0. The van der Waals surface area contributed by atoms with Crippen LogP contribution in [-0.2, 0) is 0 Å². The second kappa shape index (κ2) is 2.64. The summed E-state index contributed by atoms with van der Waals surface area (Å²) in [6, 6.07) is 0.815. The number of nitrogens with zero attached hydrogens (tertiary/aromatic N) is 1. The Balaban J connectivity index is 2.38. The molecule has 0 aromatic rings. The van der Waals surface area contributed by atoms with Crippen LogP contribution in [0, 0.1) is 0 Å². The van der Waals surface area contributed by atoms with Crippen molar-refractivity contribution in [2.24, 2.45) is 5.73 Å². The van der Waals surface area contributed by atoms with Crippen LogP contribution in [0.25, 0.3) is 0 Å². The molecule has 1 heterocycles. The van der Waals surface area contributed by atoms with Crippen molar-refractivity contribution in [2.75, 3.05) is 27.2 Å². The van der Waals surface area contributed by atoms with Gasteiger partial charge in [0.1, 0.15) is 0 Å². The lowest BCUT2D eigenvalue weighted by atomic mass is 10.2. The number of rotatable bonds is 1. The molecule has 1 aliphatic heterocycles. The van der Waals surface area contributed by atoms with Crippen LogP contribution in [0.2, 0.25) is 0 Å². The Morgan fingerprint density at radius 1 is 1.56 bits per heavy atom. The standard InChI is InChI=1S/C6H15N3/c1-8-6-4-9(2)3-5(6)7/h5-6,8H,3-4,7H2,1-2H3/t5-,6-/m1/s1. The van der Waals surface area contributed by atoms with Gasteiger partial charge in [-0.2, -0.15) is 0 Å². The molecule has 1 aliphatic rings. The van der Waals surface area contributed by atoms with E-state index in [4.69, 9.17) is 5.73 Å². The fourth-order valence-electron chi connectivity index (χ4n) is 1.34. The molecule has 2 atom stereocenters. The highest BCUT2D eigenvalue weighted by molar-refractivity contribution is 4.89. The van der Waals surface area contributed by atoms with Crippen LogP contribution in [0.15, 0.2) is 0 Å². The van der Waals surface area contributed by atoms with Gasteiger partial charge in [-0.1, -0.05) is 0 Å². The average molecular weight is 129 g/mol. The molecule has 1 rings (SSSR count). The van der Waals surface area contributed by atoms with Gasteiger partial charge in [0.25, 0.3) is 0 Å². The van der Waals surface area contributed by atoms with Gasteiger partial charge >= 0.3 is 0 Å². The molecule has 9 heavy (non-hydrogen) atoms. The third-order valence-corrected chi connectivity index (χ3v) is 1.92. The lowest BCUT2D eigenvalue weighted by Crippen LogP contribution is -2.41. The van der Waals surface area contributed by atoms with Crippen molar-refractivity contribution in [1.82, 2.24) is 10.2 Å². The van der Waals surface area contributed by atoms with E-state index < -0.39 is 0 Å². The molecule has 0 aromatic heterocycles. The Bertz CT molecular complexity index is 94.3. The number of hydrogen-bond donors (Lipinski definition) is 2. The lowest BCUT2D eigenvalue weighted by molar-refractivity contribution is 0.402. The molecule has 0 aliphatic carbocycles. The maximum Gasteiger partial charge on any atom is 0.0357 e. The van der Waals surface area contributed by atoms with Crippen molar-refractivity contribution < 1.29 is 0 Å². The molecule has 0 unspecified atom stereocenters. The second-order valence-corrected chi connectivity index (χ2v) is 2.78. The maximum absolute atomic E-state index is 5.78. The van der Waals surface area contributed by atoms with Gasteiger partial charge in [-0.15, -0.1) is 0 Å². The smallest absolute Gasteiger partial charge is 0.0357 e. The molecular weight excluding hydrogens is 114 g/mol. The molecule has 3 heteroatoms. The molecule has 0 bridgehead atoms. The van der Waals surface area contributed by atoms with Gasteiger partial charge in [0.05, 0.1) is 0 Å². The molecule has 1 fully saturated rings. The molecule has 0 aromatic carbocycles. The topological polar surface area (TPSA) is 41.3 Å². The van der Waals surface area contributed by atoms with Crippen molar-refractivity contribution >= 4 is 0 Å². The van der Waals surface area contributed by atoms with Crippen LogP contribution in [0.5, 0.6) is 0 Å². The minimum atomic E-state index is 0.319. The first-order chi connectivity index (χ1) is 4.24. The van der Waals surface area contributed by atoms with Crippen LogP contribution < -0.4 is 11.1 Å². The number of nitrogens with one attached hydrogen (secondary N) is 1. The molecule has 3 N–H and O–H groups in total. The summed E-state index contributed by atoms with van der Waals surface area (Å²) in [5.74, 6) is 0. The Morgan fingerprint density at radius 2 is 2.22 bits per heavy atom. The molecule has 0 amide bonds. The molecular formula is C6H15N3. The first-order valence-electron chi connectivity index (χ1n) is 3.35. The zero-order valence-corrected chi connectivity index (χ0v) is 6.09.